The molecule has 0 aliphatic carbocycles. The lowest BCUT2D eigenvalue weighted by Gasteiger charge is -2.13. The van der Waals surface area contributed by atoms with Crippen LogP contribution in [0.1, 0.15) is 46.9 Å². The number of Topliss-reactive ketones (excluding diaryl/α,β-unsaturated/α-hetero) is 2. The number of hydrogen-bond acceptors (Lipinski definition) is 2. The normalized spacial score (nSPS) is 10.6. The Kier molecular flexibility index (Phi) is 5.44. The maximum atomic E-state index is 12.6. The fourth-order valence-electron chi connectivity index (χ4n) is 2.21. The molecule has 2 heteroatoms. The van der Waals surface area contributed by atoms with Crippen LogP contribution < -0.4 is 0 Å². The molecule has 21 heavy (non-hydrogen) atoms. The molecule has 0 saturated heterocycles. The average molecular weight is 279 g/mol. The lowest BCUT2D eigenvalue weighted by Crippen LogP contribution is -2.22. The van der Waals surface area contributed by atoms with Gasteiger partial charge in [-0.25, -0.2) is 0 Å². The highest BCUT2D eigenvalue weighted by Crippen LogP contribution is 2.22. The third kappa shape index (κ3) is 3.88. The van der Waals surface area contributed by atoms with E-state index in [1.54, 1.807) is 24.3 Å². The molecule has 2 aromatic carbocycles. The highest BCUT2D eigenvalue weighted by Gasteiger charge is 2.28. The van der Waals surface area contributed by atoms with Gasteiger partial charge in [0.2, 0.25) is 0 Å². The molecule has 0 atom stereocenters. The second kappa shape index (κ2) is 7.53. The summed E-state index contributed by atoms with van der Waals surface area (Å²) in [7, 11) is 0. The molecule has 0 aromatic heterocycles. The summed E-state index contributed by atoms with van der Waals surface area (Å²) in [6.07, 6.45) is 2.32. The fraction of sp³-hybridized carbons (Fsp3) is 0.211. The highest BCUT2D eigenvalue weighted by molar-refractivity contribution is 6.27. The predicted octanol–water partition coefficient (Wildman–Crippen LogP) is 4.52. The summed E-state index contributed by atoms with van der Waals surface area (Å²) >= 11 is 0. The first-order valence-electron chi connectivity index (χ1n) is 7.29. The van der Waals surface area contributed by atoms with Gasteiger partial charge in [-0.05, 0) is 6.42 Å². The summed E-state index contributed by atoms with van der Waals surface area (Å²) in [5.41, 5.74) is 1.15. The largest absolute Gasteiger partial charge is 0.293 e. The fourth-order valence-corrected chi connectivity index (χ4v) is 2.21. The summed E-state index contributed by atoms with van der Waals surface area (Å²) in [4.78, 5) is 25.2. The second-order valence-electron chi connectivity index (χ2n) is 4.97. The van der Waals surface area contributed by atoms with Gasteiger partial charge in [-0.15, -0.1) is 0 Å². The molecule has 0 saturated carbocycles. The van der Waals surface area contributed by atoms with E-state index < -0.39 is 0 Å². The smallest absolute Gasteiger partial charge is 0.178 e. The number of unbranched alkanes of at least 4 members (excludes halogenated alkanes) is 1. The Balaban J connectivity index is 2.26. The van der Waals surface area contributed by atoms with Crippen LogP contribution in [0.25, 0.3) is 0 Å². The molecule has 2 aromatic rings. The zero-order chi connectivity index (χ0) is 15.1. The number of carbonyl (C=O) groups is 2. The Labute approximate surface area is 125 Å². The van der Waals surface area contributed by atoms with Gasteiger partial charge in [-0.2, -0.15) is 0 Å². The van der Waals surface area contributed by atoms with E-state index in [1.807, 2.05) is 36.4 Å². The first kappa shape index (κ1) is 15.2. The van der Waals surface area contributed by atoms with Crippen molar-refractivity contribution in [3.05, 3.63) is 77.7 Å². The Morgan fingerprint density at radius 1 is 0.762 bits per heavy atom. The SMILES string of the molecule is CCCC[C](C(=O)c1ccccc1)C(=O)c1ccccc1. The molecule has 107 valence electrons. The lowest BCUT2D eigenvalue weighted by atomic mass is 9.86. The molecule has 0 aliphatic heterocycles. The van der Waals surface area contributed by atoms with Crippen LogP contribution in [0.15, 0.2) is 60.7 Å². The molecule has 1 radical (unpaired) electrons. The van der Waals surface area contributed by atoms with E-state index in [1.165, 1.54) is 0 Å². The number of ketones is 2. The van der Waals surface area contributed by atoms with Gasteiger partial charge in [0.15, 0.2) is 11.6 Å². The summed E-state index contributed by atoms with van der Waals surface area (Å²) in [6, 6.07) is 18.0. The molecule has 0 aliphatic rings. The highest BCUT2D eigenvalue weighted by atomic mass is 16.1. The van der Waals surface area contributed by atoms with Gasteiger partial charge in [-0.3, -0.25) is 9.59 Å². The van der Waals surface area contributed by atoms with E-state index >= 15 is 0 Å². The molecular formula is C19H19O2. The minimum Gasteiger partial charge on any atom is -0.293 e. The van der Waals surface area contributed by atoms with E-state index in [2.05, 4.69) is 6.92 Å². The molecule has 0 bridgehead atoms. The van der Waals surface area contributed by atoms with E-state index in [0.717, 1.165) is 12.8 Å². The molecular weight excluding hydrogens is 260 g/mol. The molecule has 0 amide bonds. The number of benzene rings is 2. The third-order valence-corrected chi connectivity index (χ3v) is 3.40. The van der Waals surface area contributed by atoms with Crippen molar-refractivity contribution in [3.8, 4) is 0 Å². The van der Waals surface area contributed by atoms with Gasteiger partial charge < -0.3 is 0 Å². The quantitative estimate of drug-likeness (QED) is 0.551. The van der Waals surface area contributed by atoms with E-state index in [-0.39, 0.29) is 11.6 Å². The monoisotopic (exact) mass is 279 g/mol. The van der Waals surface area contributed by atoms with E-state index in [4.69, 9.17) is 0 Å². The van der Waals surface area contributed by atoms with Crippen molar-refractivity contribution in [1.82, 2.24) is 0 Å². The van der Waals surface area contributed by atoms with Gasteiger partial charge in [-0.1, -0.05) is 80.4 Å². The van der Waals surface area contributed by atoms with Crippen LogP contribution in [-0.2, 0) is 0 Å². The molecule has 2 rings (SSSR count). The van der Waals surface area contributed by atoms with Crippen LogP contribution in [-0.4, -0.2) is 11.6 Å². The maximum absolute atomic E-state index is 12.6. The van der Waals surface area contributed by atoms with E-state index in [0.29, 0.717) is 23.5 Å². The van der Waals surface area contributed by atoms with Gasteiger partial charge >= 0.3 is 0 Å². The molecule has 0 N–H and O–H groups in total. The topological polar surface area (TPSA) is 34.1 Å². The van der Waals surface area contributed by atoms with Crippen molar-refractivity contribution in [2.75, 3.05) is 0 Å². The first-order valence-corrected chi connectivity index (χ1v) is 7.29. The van der Waals surface area contributed by atoms with Gasteiger partial charge in [0.1, 0.15) is 5.92 Å². The van der Waals surface area contributed by atoms with Crippen LogP contribution in [0.4, 0.5) is 0 Å². The Bertz CT molecular complexity index is 536. The maximum Gasteiger partial charge on any atom is 0.178 e. The average Bonchev–Trinajstić information content (AvgIpc) is 2.56. The second-order valence-corrected chi connectivity index (χ2v) is 4.97. The Morgan fingerprint density at radius 2 is 1.19 bits per heavy atom. The van der Waals surface area contributed by atoms with Crippen LogP contribution >= 0.6 is 0 Å². The van der Waals surface area contributed by atoms with Gasteiger partial charge in [0.25, 0.3) is 0 Å². The molecule has 0 fully saturated rings. The van der Waals surface area contributed by atoms with Gasteiger partial charge in [0, 0.05) is 11.1 Å². The van der Waals surface area contributed by atoms with Crippen molar-refractivity contribution < 1.29 is 9.59 Å². The van der Waals surface area contributed by atoms with Crippen molar-refractivity contribution >= 4 is 11.6 Å². The van der Waals surface area contributed by atoms with Crippen molar-refractivity contribution in [2.24, 2.45) is 0 Å². The standard InChI is InChI=1S/C19H19O2/c1-2-3-14-17(18(20)15-10-6-4-7-11-15)19(21)16-12-8-5-9-13-16/h4-13H,2-3,14H2,1H3. The summed E-state index contributed by atoms with van der Waals surface area (Å²) in [5.74, 6) is 0.0741. The van der Waals surface area contributed by atoms with Gasteiger partial charge in [0.05, 0.1) is 0 Å². The van der Waals surface area contributed by atoms with Crippen LogP contribution in [0.2, 0.25) is 0 Å². The Morgan fingerprint density at radius 3 is 1.57 bits per heavy atom. The lowest BCUT2D eigenvalue weighted by molar-refractivity contribution is 0.0915. The van der Waals surface area contributed by atoms with Crippen molar-refractivity contribution in [3.63, 3.8) is 0 Å². The predicted molar refractivity (Wildman–Crippen MR) is 84.3 cm³/mol. The van der Waals surface area contributed by atoms with Crippen LogP contribution in [0.3, 0.4) is 0 Å². The van der Waals surface area contributed by atoms with Crippen molar-refractivity contribution in [2.45, 2.75) is 26.2 Å². The zero-order valence-corrected chi connectivity index (χ0v) is 12.2. The summed E-state index contributed by atoms with van der Waals surface area (Å²) in [6.45, 7) is 2.05. The third-order valence-electron chi connectivity index (χ3n) is 3.40. The Hall–Kier alpha value is -2.22. The number of hydrogen-bond donors (Lipinski definition) is 0. The zero-order valence-electron chi connectivity index (χ0n) is 12.2. The molecule has 2 nitrogen and oxygen atoms in total. The minimum absolute atomic E-state index is 0.155. The first-order chi connectivity index (χ1) is 10.2. The number of rotatable bonds is 7. The summed E-state index contributed by atoms with van der Waals surface area (Å²) < 4.78 is 0. The van der Waals surface area contributed by atoms with Crippen LogP contribution in [0.5, 0.6) is 0 Å². The summed E-state index contributed by atoms with van der Waals surface area (Å²) in [5, 5.41) is 0. The number of carbonyl (C=O) groups excluding carboxylic acids is 2. The van der Waals surface area contributed by atoms with E-state index in [9.17, 15) is 9.59 Å². The molecule has 0 spiro atoms. The van der Waals surface area contributed by atoms with Crippen LogP contribution in [0, 0.1) is 5.92 Å². The van der Waals surface area contributed by atoms with Crippen molar-refractivity contribution in [1.29, 1.82) is 0 Å². The molecule has 0 unspecified atom stereocenters. The minimum atomic E-state index is -0.155. The molecule has 0 heterocycles.